The summed E-state index contributed by atoms with van der Waals surface area (Å²) < 4.78 is 16.4. The maximum atomic E-state index is 13.4. The van der Waals surface area contributed by atoms with Crippen molar-refractivity contribution in [3.05, 3.63) is 76.5 Å². The number of hydrogen-bond donors (Lipinski definition) is 0. The third-order valence-electron chi connectivity index (χ3n) is 5.68. The van der Waals surface area contributed by atoms with E-state index in [4.69, 9.17) is 14.2 Å². The van der Waals surface area contributed by atoms with Crippen LogP contribution in [0.3, 0.4) is 0 Å². The van der Waals surface area contributed by atoms with Gasteiger partial charge in [0.1, 0.15) is 5.75 Å². The molecule has 192 valence electrons. The Labute approximate surface area is 217 Å². The van der Waals surface area contributed by atoms with Crippen molar-refractivity contribution < 1.29 is 23.8 Å². The molecule has 0 N–H and O–H groups in total. The van der Waals surface area contributed by atoms with Crippen LogP contribution < -0.4 is 14.2 Å². The van der Waals surface area contributed by atoms with E-state index in [0.29, 0.717) is 43.3 Å². The number of nitrogens with zero attached hydrogens (tertiary/aromatic N) is 2. The van der Waals surface area contributed by atoms with Crippen LogP contribution in [0.5, 0.6) is 17.2 Å². The molecule has 8 heteroatoms. The average molecular weight is 511 g/mol. The smallest absolute Gasteiger partial charge is 0.260 e. The molecule has 0 radical (unpaired) electrons. The predicted octanol–water partition coefficient (Wildman–Crippen LogP) is 4.65. The largest absolute Gasteiger partial charge is 0.493 e. The number of methoxy groups -OCH3 is 2. The quantitative estimate of drug-likeness (QED) is 0.316. The maximum Gasteiger partial charge on any atom is 0.260 e. The normalized spacial score (nSPS) is 10.5. The minimum atomic E-state index is -0.204. The first kappa shape index (κ1) is 27.1. The molecular formula is C28H34N2O5S. The second kappa shape index (κ2) is 14.1. The van der Waals surface area contributed by atoms with E-state index in [1.165, 1.54) is 0 Å². The van der Waals surface area contributed by atoms with Gasteiger partial charge in [0, 0.05) is 18.0 Å². The van der Waals surface area contributed by atoms with E-state index in [1.54, 1.807) is 42.6 Å². The van der Waals surface area contributed by atoms with Crippen LogP contribution in [0.15, 0.2) is 66.0 Å². The zero-order chi connectivity index (χ0) is 25.8. The summed E-state index contributed by atoms with van der Waals surface area (Å²) in [5.41, 5.74) is 1.04. The molecule has 36 heavy (non-hydrogen) atoms. The number of para-hydroxylation sites is 1. The lowest BCUT2D eigenvalue weighted by Gasteiger charge is -2.27. The maximum absolute atomic E-state index is 13.4. The van der Waals surface area contributed by atoms with Crippen LogP contribution in [0, 0.1) is 0 Å². The van der Waals surface area contributed by atoms with Gasteiger partial charge in [0.05, 0.1) is 27.3 Å². The van der Waals surface area contributed by atoms with Gasteiger partial charge in [0.2, 0.25) is 5.91 Å². The summed E-state index contributed by atoms with van der Waals surface area (Å²) in [5.74, 6) is 1.65. The molecule has 0 unspecified atom stereocenters. The van der Waals surface area contributed by atoms with Gasteiger partial charge < -0.3 is 24.0 Å². The summed E-state index contributed by atoms with van der Waals surface area (Å²) in [6.45, 7) is 3.41. The van der Waals surface area contributed by atoms with Gasteiger partial charge in [0.25, 0.3) is 5.91 Å². The Hall–Kier alpha value is -3.52. The molecule has 1 heterocycles. The molecule has 0 saturated heterocycles. The zero-order valence-corrected chi connectivity index (χ0v) is 22.0. The molecular weight excluding hydrogens is 476 g/mol. The van der Waals surface area contributed by atoms with Crippen LogP contribution in [0.4, 0.5) is 0 Å². The van der Waals surface area contributed by atoms with Gasteiger partial charge in [-0.05, 0) is 54.1 Å². The lowest BCUT2D eigenvalue weighted by atomic mass is 10.1. The molecule has 1 aromatic heterocycles. The van der Waals surface area contributed by atoms with Gasteiger partial charge in [-0.25, -0.2) is 0 Å². The highest BCUT2D eigenvalue weighted by molar-refractivity contribution is 7.09. The fourth-order valence-corrected chi connectivity index (χ4v) is 4.48. The molecule has 3 aromatic rings. The summed E-state index contributed by atoms with van der Waals surface area (Å²) >= 11 is 1.61. The summed E-state index contributed by atoms with van der Waals surface area (Å²) in [7, 11) is 3.21. The molecule has 0 spiro atoms. The van der Waals surface area contributed by atoms with Crippen molar-refractivity contribution in [1.29, 1.82) is 0 Å². The fourth-order valence-electron chi connectivity index (χ4n) is 3.76. The van der Waals surface area contributed by atoms with Crippen LogP contribution in [0.1, 0.15) is 23.8 Å². The summed E-state index contributed by atoms with van der Waals surface area (Å²) in [6, 6.07) is 19.0. The number of ether oxygens (including phenoxy) is 3. The van der Waals surface area contributed by atoms with Crippen molar-refractivity contribution in [2.75, 3.05) is 40.5 Å². The van der Waals surface area contributed by atoms with Crippen molar-refractivity contribution >= 4 is 23.2 Å². The van der Waals surface area contributed by atoms with Gasteiger partial charge in [-0.2, -0.15) is 0 Å². The van der Waals surface area contributed by atoms with E-state index in [2.05, 4.69) is 0 Å². The molecule has 0 aliphatic heterocycles. The number of carbonyl (C=O) groups excluding carboxylic acids is 2. The van der Waals surface area contributed by atoms with E-state index in [0.717, 1.165) is 16.9 Å². The Morgan fingerprint density at radius 1 is 0.861 bits per heavy atom. The van der Waals surface area contributed by atoms with Crippen molar-refractivity contribution in [3.8, 4) is 17.2 Å². The third kappa shape index (κ3) is 8.02. The number of benzene rings is 2. The second-order valence-corrected chi connectivity index (χ2v) is 9.28. The van der Waals surface area contributed by atoms with E-state index in [-0.39, 0.29) is 25.0 Å². The molecule has 2 amide bonds. The molecule has 0 fully saturated rings. The number of hydrogen-bond acceptors (Lipinski definition) is 6. The van der Waals surface area contributed by atoms with Crippen LogP contribution >= 0.6 is 11.3 Å². The van der Waals surface area contributed by atoms with E-state index in [1.807, 2.05) is 65.7 Å². The third-order valence-corrected chi connectivity index (χ3v) is 6.54. The first-order valence-electron chi connectivity index (χ1n) is 12.0. The second-order valence-electron chi connectivity index (χ2n) is 8.25. The van der Waals surface area contributed by atoms with Crippen LogP contribution in [-0.4, -0.2) is 62.1 Å². The summed E-state index contributed by atoms with van der Waals surface area (Å²) in [4.78, 5) is 30.8. The van der Waals surface area contributed by atoms with Crippen molar-refractivity contribution in [3.63, 3.8) is 0 Å². The standard InChI is InChI=1S/C28H34N2O5S/c1-4-15-29(28(32)21-35-23-9-6-5-7-10-23)20-27(31)30(19-24-11-8-17-36-24)16-14-22-12-13-25(33-2)26(18-22)34-3/h5-13,17-18H,4,14-16,19-21H2,1-3H3. The molecule has 0 bridgehead atoms. The van der Waals surface area contributed by atoms with Gasteiger partial charge in [0.15, 0.2) is 18.1 Å². The lowest BCUT2D eigenvalue weighted by molar-refractivity contribution is -0.142. The summed E-state index contributed by atoms with van der Waals surface area (Å²) in [6.07, 6.45) is 1.40. The first-order valence-corrected chi connectivity index (χ1v) is 12.9. The van der Waals surface area contributed by atoms with Crippen LogP contribution in [0.2, 0.25) is 0 Å². The SMILES string of the molecule is CCCN(CC(=O)N(CCc1ccc(OC)c(OC)c1)Cc1cccs1)C(=O)COc1ccccc1. The van der Waals surface area contributed by atoms with Gasteiger partial charge in [-0.15, -0.1) is 11.3 Å². The molecule has 0 saturated carbocycles. The molecule has 7 nitrogen and oxygen atoms in total. The minimum Gasteiger partial charge on any atom is -0.493 e. The first-order chi connectivity index (χ1) is 17.5. The van der Waals surface area contributed by atoms with Crippen LogP contribution in [-0.2, 0) is 22.6 Å². The number of amides is 2. The number of rotatable bonds is 14. The zero-order valence-electron chi connectivity index (χ0n) is 21.1. The molecule has 3 rings (SSSR count). The Kier molecular flexibility index (Phi) is 10.6. The molecule has 0 atom stereocenters. The van der Waals surface area contributed by atoms with Gasteiger partial charge >= 0.3 is 0 Å². The Morgan fingerprint density at radius 3 is 2.31 bits per heavy atom. The highest BCUT2D eigenvalue weighted by Crippen LogP contribution is 2.28. The van der Waals surface area contributed by atoms with Crippen LogP contribution in [0.25, 0.3) is 0 Å². The topological polar surface area (TPSA) is 68.3 Å². The van der Waals surface area contributed by atoms with E-state index < -0.39 is 0 Å². The summed E-state index contributed by atoms with van der Waals surface area (Å²) in [5, 5.41) is 2.00. The highest BCUT2D eigenvalue weighted by Gasteiger charge is 2.22. The average Bonchev–Trinajstić information content (AvgIpc) is 3.43. The highest BCUT2D eigenvalue weighted by atomic mass is 32.1. The monoisotopic (exact) mass is 510 g/mol. The predicted molar refractivity (Wildman–Crippen MR) is 142 cm³/mol. The Bertz CT molecular complexity index is 1090. The van der Waals surface area contributed by atoms with E-state index >= 15 is 0 Å². The molecule has 0 aliphatic rings. The minimum absolute atomic E-state index is 0.0160. The molecule has 2 aromatic carbocycles. The number of carbonyl (C=O) groups is 2. The fraction of sp³-hybridized carbons (Fsp3) is 0.357. The Balaban J connectivity index is 1.67. The van der Waals surface area contributed by atoms with Crippen molar-refractivity contribution in [2.24, 2.45) is 0 Å². The lowest BCUT2D eigenvalue weighted by Crippen LogP contribution is -2.45. The molecule has 0 aliphatic carbocycles. The van der Waals surface area contributed by atoms with Gasteiger partial charge in [-0.3, -0.25) is 9.59 Å². The van der Waals surface area contributed by atoms with Crippen molar-refractivity contribution in [1.82, 2.24) is 9.80 Å². The van der Waals surface area contributed by atoms with Gasteiger partial charge in [-0.1, -0.05) is 37.3 Å². The number of thiophene rings is 1. The van der Waals surface area contributed by atoms with Crippen molar-refractivity contribution in [2.45, 2.75) is 26.3 Å². The van der Waals surface area contributed by atoms with E-state index in [9.17, 15) is 9.59 Å². The Morgan fingerprint density at radius 2 is 1.64 bits per heavy atom.